The Morgan fingerprint density at radius 1 is 1.03 bits per heavy atom. The third-order valence-corrected chi connectivity index (χ3v) is 6.46. The largest absolute Gasteiger partial charge is 0.493 e. The van der Waals surface area contributed by atoms with Gasteiger partial charge in [0.25, 0.3) is 0 Å². The van der Waals surface area contributed by atoms with Crippen LogP contribution in [0.2, 0.25) is 0 Å². The predicted molar refractivity (Wildman–Crippen MR) is 120 cm³/mol. The summed E-state index contributed by atoms with van der Waals surface area (Å²) in [6.45, 7) is 5.39. The van der Waals surface area contributed by atoms with Gasteiger partial charge in [-0.05, 0) is 47.7 Å². The molecule has 0 radical (unpaired) electrons. The Balaban J connectivity index is 1.74. The summed E-state index contributed by atoms with van der Waals surface area (Å²) in [5, 5.41) is 2.16. The van der Waals surface area contributed by atoms with Crippen molar-refractivity contribution in [1.82, 2.24) is 4.90 Å². The van der Waals surface area contributed by atoms with Crippen molar-refractivity contribution >= 4 is 11.3 Å². The monoisotopic (exact) mass is 425 g/mol. The van der Waals surface area contributed by atoms with Gasteiger partial charge in [-0.25, -0.2) is 0 Å². The highest BCUT2D eigenvalue weighted by Gasteiger charge is 2.22. The number of hydrogen-bond donors (Lipinski definition) is 0. The molecule has 0 saturated carbocycles. The molecule has 0 atom stereocenters. The molecule has 0 saturated heterocycles. The van der Waals surface area contributed by atoms with Crippen molar-refractivity contribution in [3.8, 4) is 34.1 Å². The van der Waals surface area contributed by atoms with Gasteiger partial charge in [0.05, 0.1) is 21.3 Å². The average Bonchev–Trinajstić information content (AvgIpc) is 3.05. The van der Waals surface area contributed by atoms with Gasteiger partial charge in [-0.3, -0.25) is 4.90 Å². The highest BCUT2D eigenvalue weighted by atomic mass is 32.1. The Bertz CT molecular complexity index is 1030. The zero-order valence-electron chi connectivity index (χ0n) is 17.9. The van der Waals surface area contributed by atoms with Gasteiger partial charge in [-0.15, -0.1) is 11.3 Å². The van der Waals surface area contributed by atoms with E-state index in [0.717, 1.165) is 47.8 Å². The van der Waals surface area contributed by atoms with E-state index < -0.39 is 0 Å². The quantitative estimate of drug-likeness (QED) is 0.547. The number of thiophene rings is 1. The van der Waals surface area contributed by atoms with E-state index in [9.17, 15) is 0 Å². The molecule has 2 heterocycles. The number of nitrogens with zero attached hydrogens (tertiary/aromatic N) is 1. The van der Waals surface area contributed by atoms with E-state index >= 15 is 0 Å². The molecule has 1 aliphatic heterocycles. The zero-order chi connectivity index (χ0) is 21.1. The Hall–Kier alpha value is -2.70. The number of para-hydroxylation sites is 1. The van der Waals surface area contributed by atoms with Crippen LogP contribution in [0.15, 0.2) is 41.8 Å². The van der Waals surface area contributed by atoms with Crippen molar-refractivity contribution in [1.29, 1.82) is 0 Å². The Labute approximate surface area is 181 Å². The molecular weight excluding hydrogens is 398 g/mol. The lowest BCUT2D eigenvalue weighted by Crippen LogP contribution is -2.25. The Morgan fingerprint density at radius 2 is 1.87 bits per heavy atom. The van der Waals surface area contributed by atoms with Crippen molar-refractivity contribution < 1.29 is 18.9 Å². The lowest BCUT2D eigenvalue weighted by atomic mass is 10.00. The summed E-state index contributed by atoms with van der Waals surface area (Å²) in [5.41, 5.74) is 4.43. The van der Waals surface area contributed by atoms with Gasteiger partial charge in [0.15, 0.2) is 23.0 Å². The van der Waals surface area contributed by atoms with Crippen LogP contribution >= 0.6 is 11.3 Å². The third kappa shape index (κ3) is 3.98. The van der Waals surface area contributed by atoms with Crippen molar-refractivity contribution in [3.05, 3.63) is 57.8 Å². The van der Waals surface area contributed by atoms with E-state index in [1.807, 2.05) is 35.6 Å². The number of benzene rings is 2. The molecule has 4 rings (SSSR count). The molecule has 0 bridgehead atoms. The standard InChI is InChI=1S/C24H27NO4S/c1-16-8-11-30-22(16)15-25-9-10-29-23-18(14-25)12-17(13-21(23)27-3)19-6-5-7-20(26-2)24(19)28-4/h5-8,11-13H,9-10,14-15H2,1-4H3. The summed E-state index contributed by atoms with van der Waals surface area (Å²) in [4.78, 5) is 3.83. The van der Waals surface area contributed by atoms with Crippen LogP contribution in [0.25, 0.3) is 11.1 Å². The van der Waals surface area contributed by atoms with Crippen molar-refractivity contribution in [3.63, 3.8) is 0 Å². The van der Waals surface area contributed by atoms with Crippen LogP contribution in [0, 0.1) is 6.92 Å². The van der Waals surface area contributed by atoms with E-state index in [1.165, 1.54) is 10.4 Å². The minimum Gasteiger partial charge on any atom is -0.493 e. The van der Waals surface area contributed by atoms with Gasteiger partial charge >= 0.3 is 0 Å². The number of ether oxygens (including phenoxy) is 4. The zero-order valence-corrected chi connectivity index (χ0v) is 18.7. The maximum Gasteiger partial charge on any atom is 0.168 e. The maximum atomic E-state index is 6.12. The minimum absolute atomic E-state index is 0.635. The number of hydrogen-bond acceptors (Lipinski definition) is 6. The lowest BCUT2D eigenvalue weighted by molar-refractivity contribution is 0.218. The second-order valence-electron chi connectivity index (χ2n) is 7.29. The van der Waals surface area contributed by atoms with Crippen LogP contribution in [0.4, 0.5) is 0 Å². The highest BCUT2D eigenvalue weighted by molar-refractivity contribution is 7.10. The van der Waals surface area contributed by atoms with Crippen LogP contribution in [0.5, 0.6) is 23.0 Å². The van der Waals surface area contributed by atoms with Gasteiger partial charge in [-0.2, -0.15) is 0 Å². The summed E-state index contributed by atoms with van der Waals surface area (Å²) in [6, 6.07) is 12.3. The molecule has 158 valence electrons. The van der Waals surface area contributed by atoms with Crippen molar-refractivity contribution in [2.24, 2.45) is 0 Å². The van der Waals surface area contributed by atoms with Gasteiger partial charge in [0.2, 0.25) is 0 Å². The summed E-state index contributed by atoms with van der Waals surface area (Å²) in [6.07, 6.45) is 0. The van der Waals surface area contributed by atoms with Gasteiger partial charge in [0.1, 0.15) is 6.61 Å². The van der Waals surface area contributed by atoms with E-state index in [2.05, 4.69) is 29.3 Å². The molecule has 1 aromatic heterocycles. The lowest BCUT2D eigenvalue weighted by Gasteiger charge is -2.20. The molecular formula is C24H27NO4S. The molecule has 2 aromatic carbocycles. The van der Waals surface area contributed by atoms with E-state index in [4.69, 9.17) is 18.9 Å². The fourth-order valence-electron chi connectivity index (χ4n) is 3.86. The average molecular weight is 426 g/mol. The fraction of sp³-hybridized carbons (Fsp3) is 0.333. The molecule has 30 heavy (non-hydrogen) atoms. The predicted octanol–water partition coefficient (Wildman–Crippen LogP) is 5.14. The molecule has 0 fully saturated rings. The van der Waals surface area contributed by atoms with Crippen LogP contribution in [0.3, 0.4) is 0 Å². The van der Waals surface area contributed by atoms with Gasteiger partial charge < -0.3 is 18.9 Å². The first kappa shape index (κ1) is 20.6. The van der Waals surface area contributed by atoms with E-state index in [1.54, 1.807) is 21.3 Å². The molecule has 0 N–H and O–H groups in total. The van der Waals surface area contributed by atoms with Crippen LogP contribution in [0.1, 0.15) is 16.0 Å². The molecule has 1 aliphatic rings. The van der Waals surface area contributed by atoms with Crippen LogP contribution in [-0.2, 0) is 13.1 Å². The van der Waals surface area contributed by atoms with E-state index in [0.29, 0.717) is 18.1 Å². The molecule has 5 nitrogen and oxygen atoms in total. The Morgan fingerprint density at radius 3 is 2.57 bits per heavy atom. The third-order valence-electron chi connectivity index (χ3n) is 5.45. The normalized spacial score (nSPS) is 13.9. The first-order valence-corrected chi connectivity index (χ1v) is 10.8. The number of rotatable bonds is 6. The summed E-state index contributed by atoms with van der Waals surface area (Å²) in [5.74, 6) is 2.98. The first-order valence-electron chi connectivity index (χ1n) is 9.95. The van der Waals surface area contributed by atoms with Gasteiger partial charge in [-0.1, -0.05) is 12.1 Å². The SMILES string of the molecule is COc1cc(-c2cccc(OC)c2OC)cc2c1OCCN(Cc1sccc1C)C2. The van der Waals surface area contributed by atoms with E-state index in [-0.39, 0.29) is 0 Å². The highest BCUT2D eigenvalue weighted by Crippen LogP contribution is 2.43. The van der Waals surface area contributed by atoms with Gasteiger partial charge in [0, 0.05) is 35.6 Å². The molecule has 3 aromatic rings. The molecule has 6 heteroatoms. The second kappa shape index (κ2) is 8.98. The Kier molecular flexibility index (Phi) is 6.16. The van der Waals surface area contributed by atoms with Crippen LogP contribution in [-0.4, -0.2) is 39.4 Å². The smallest absolute Gasteiger partial charge is 0.168 e. The second-order valence-corrected chi connectivity index (χ2v) is 8.29. The molecule has 0 unspecified atom stereocenters. The summed E-state index contributed by atoms with van der Waals surface area (Å²) >= 11 is 1.81. The fourth-order valence-corrected chi connectivity index (χ4v) is 4.81. The minimum atomic E-state index is 0.635. The topological polar surface area (TPSA) is 40.2 Å². The maximum absolute atomic E-state index is 6.12. The van der Waals surface area contributed by atoms with Crippen molar-refractivity contribution in [2.75, 3.05) is 34.5 Å². The summed E-state index contributed by atoms with van der Waals surface area (Å²) in [7, 11) is 5.00. The molecule has 0 spiro atoms. The molecule has 0 amide bonds. The molecule has 0 aliphatic carbocycles. The van der Waals surface area contributed by atoms with Crippen LogP contribution < -0.4 is 18.9 Å². The first-order chi connectivity index (χ1) is 14.6. The van der Waals surface area contributed by atoms with Crippen molar-refractivity contribution in [2.45, 2.75) is 20.0 Å². The number of fused-ring (bicyclic) bond motifs is 1. The number of aryl methyl sites for hydroxylation is 1. The number of methoxy groups -OCH3 is 3. The summed E-state index contributed by atoms with van der Waals surface area (Å²) < 4.78 is 23.0.